The zero-order valence-corrected chi connectivity index (χ0v) is 15.3. The van der Waals surface area contributed by atoms with Gasteiger partial charge in [0.2, 0.25) is 0 Å². The maximum atomic E-state index is 12.2. The zero-order chi connectivity index (χ0) is 18.5. The van der Waals surface area contributed by atoms with Crippen LogP contribution in [0.15, 0.2) is 47.8 Å². The summed E-state index contributed by atoms with van der Waals surface area (Å²) in [6.07, 6.45) is 1.20. The molecule has 5 nitrogen and oxygen atoms in total. The summed E-state index contributed by atoms with van der Waals surface area (Å²) in [5, 5.41) is 24.9. The number of phenols is 2. The van der Waals surface area contributed by atoms with Crippen LogP contribution in [0, 0.1) is 0 Å². The Balaban J connectivity index is 1.52. The number of hydrogen-bond donors (Lipinski definition) is 3. The van der Waals surface area contributed by atoms with Gasteiger partial charge in [-0.3, -0.25) is 4.79 Å². The van der Waals surface area contributed by atoms with Gasteiger partial charge in [-0.2, -0.15) is 0 Å². The maximum Gasteiger partial charge on any atom is 0.270 e. The van der Waals surface area contributed by atoms with Crippen molar-refractivity contribution in [2.45, 2.75) is 12.8 Å². The number of aromatic nitrogens is 1. The Kier molecular flexibility index (Phi) is 5.75. The second-order valence-corrected chi connectivity index (χ2v) is 7.14. The predicted octanol–water partition coefficient (Wildman–Crippen LogP) is 3.77. The predicted molar refractivity (Wildman–Crippen MR) is 102 cm³/mol. The largest absolute Gasteiger partial charge is 0.504 e. The van der Waals surface area contributed by atoms with Crippen LogP contribution in [-0.4, -0.2) is 27.6 Å². The van der Waals surface area contributed by atoms with Crippen molar-refractivity contribution in [3.63, 3.8) is 0 Å². The lowest BCUT2D eigenvalue weighted by atomic mass is 10.1. The number of benzene rings is 2. The van der Waals surface area contributed by atoms with Gasteiger partial charge in [-0.1, -0.05) is 29.8 Å². The molecule has 3 aromatic rings. The first-order valence-corrected chi connectivity index (χ1v) is 9.25. The van der Waals surface area contributed by atoms with E-state index in [4.69, 9.17) is 11.6 Å². The van der Waals surface area contributed by atoms with Gasteiger partial charge in [0.25, 0.3) is 5.91 Å². The first-order chi connectivity index (χ1) is 12.5. The van der Waals surface area contributed by atoms with Gasteiger partial charge in [-0.25, -0.2) is 4.98 Å². The van der Waals surface area contributed by atoms with Crippen molar-refractivity contribution in [3.05, 3.63) is 74.7 Å². The molecule has 0 bridgehead atoms. The van der Waals surface area contributed by atoms with Crippen molar-refractivity contribution in [1.29, 1.82) is 0 Å². The summed E-state index contributed by atoms with van der Waals surface area (Å²) in [7, 11) is 0. The van der Waals surface area contributed by atoms with Crippen molar-refractivity contribution >= 4 is 28.8 Å². The van der Waals surface area contributed by atoms with Crippen LogP contribution >= 0.6 is 22.9 Å². The van der Waals surface area contributed by atoms with E-state index in [0.717, 1.165) is 16.1 Å². The van der Waals surface area contributed by atoms with Crippen molar-refractivity contribution in [2.24, 2.45) is 0 Å². The molecule has 134 valence electrons. The molecule has 2 aromatic carbocycles. The van der Waals surface area contributed by atoms with Crippen molar-refractivity contribution in [2.75, 3.05) is 6.54 Å². The lowest BCUT2D eigenvalue weighted by molar-refractivity contribution is 0.0949. The lowest BCUT2D eigenvalue weighted by Crippen LogP contribution is -2.26. The van der Waals surface area contributed by atoms with Gasteiger partial charge in [0.05, 0.1) is 5.01 Å². The van der Waals surface area contributed by atoms with Crippen LogP contribution in [0.2, 0.25) is 5.02 Å². The molecule has 0 spiro atoms. The van der Waals surface area contributed by atoms with E-state index in [1.807, 2.05) is 24.3 Å². The van der Waals surface area contributed by atoms with Crippen LogP contribution in [0.1, 0.15) is 26.6 Å². The lowest BCUT2D eigenvalue weighted by Gasteiger charge is -2.05. The van der Waals surface area contributed by atoms with Crippen LogP contribution < -0.4 is 5.32 Å². The average Bonchev–Trinajstić information content (AvgIpc) is 3.09. The fraction of sp³-hybridized carbons (Fsp3) is 0.158. The Hall–Kier alpha value is -2.57. The molecule has 1 aromatic heterocycles. The van der Waals surface area contributed by atoms with Crippen molar-refractivity contribution < 1.29 is 15.0 Å². The monoisotopic (exact) mass is 388 g/mol. The number of phenolic OH excluding ortho intramolecular Hbond substituents is 2. The molecule has 3 N–H and O–H groups in total. The first kappa shape index (κ1) is 18.2. The number of thiazole rings is 1. The third-order valence-corrected chi connectivity index (χ3v) is 4.89. The normalized spacial score (nSPS) is 10.7. The van der Waals surface area contributed by atoms with E-state index in [1.165, 1.54) is 23.5 Å². The fourth-order valence-electron chi connectivity index (χ4n) is 2.41. The third kappa shape index (κ3) is 4.74. The number of aromatic hydroxyl groups is 2. The van der Waals surface area contributed by atoms with E-state index in [9.17, 15) is 15.0 Å². The molecule has 26 heavy (non-hydrogen) atoms. The van der Waals surface area contributed by atoms with Crippen LogP contribution in [0.25, 0.3) is 0 Å². The summed E-state index contributed by atoms with van der Waals surface area (Å²) in [6, 6.07) is 12.2. The minimum atomic E-state index is -0.230. The number of carbonyl (C=O) groups excluding carboxylic acids is 1. The highest BCUT2D eigenvalue weighted by Crippen LogP contribution is 2.24. The topological polar surface area (TPSA) is 82.5 Å². The van der Waals surface area contributed by atoms with Crippen LogP contribution in [0.5, 0.6) is 11.5 Å². The quantitative estimate of drug-likeness (QED) is 0.561. The smallest absolute Gasteiger partial charge is 0.270 e. The maximum absolute atomic E-state index is 12.2. The number of amides is 1. The molecule has 7 heteroatoms. The van der Waals surface area contributed by atoms with Gasteiger partial charge in [0, 0.05) is 23.4 Å². The standard InChI is InChI=1S/C19H17ClN2O3S/c20-14-4-1-12(2-5-14)10-18-22-15(11-26-18)19(25)21-8-7-13-3-6-16(23)17(24)9-13/h1-6,9,11,23-24H,7-8,10H2,(H,21,25). The Morgan fingerprint density at radius 3 is 2.54 bits per heavy atom. The van der Waals surface area contributed by atoms with E-state index < -0.39 is 0 Å². The van der Waals surface area contributed by atoms with E-state index in [2.05, 4.69) is 10.3 Å². The zero-order valence-electron chi connectivity index (χ0n) is 13.8. The van der Waals surface area contributed by atoms with Crippen molar-refractivity contribution in [3.8, 4) is 11.5 Å². The van der Waals surface area contributed by atoms with Crippen LogP contribution in [0.4, 0.5) is 0 Å². The SMILES string of the molecule is O=C(NCCc1ccc(O)c(O)c1)c1csc(Cc2ccc(Cl)cc2)n1. The second-order valence-electron chi connectivity index (χ2n) is 5.76. The van der Waals surface area contributed by atoms with E-state index >= 15 is 0 Å². The van der Waals surface area contributed by atoms with Crippen LogP contribution in [0.3, 0.4) is 0 Å². The average molecular weight is 389 g/mol. The summed E-state index contributed by atoms with van der Waals surface area (Å²) in [4.78, 5) is 16.6. The molecule has 0 saturated heterocycles. The Labute approximate surface area is 159 Å². The summed E-state index contributed by atoms with van der Waals surface area (Å²) in [6.45, 7) is 0.410. The molecule has 0 fully saturated rings. The summed E-state index contributed by atoms with van der Waals surface area (Å²) < 4.78 is 0. The van der Waals surface area contributed by atoms with Gasteiger partial charge < -0.3 is 15.5 Å². The first-order valence-electron chi connectivity index (χ1n) is 7.99. The Morgan fingerprint density at radius 1 is 1.08 bits per heavy atom. The second kappa shape index (κ2) is 8.21. The minimum absolute atomic E-state index is 0.159. The molecule has 0 aliphatic heterocycles. The molecule has 0 unspecified atom stereocenters. The number of nitrogens with one attached hydrogen (secondary N) is 1. The van der Waals surface area contributed by atoms with Gasteiger partial charge >= 0.3 is 0 Å². The van der Waals surface area contributed by atoms with Gasteiger partial charge in [0.15, 0.2) is 11.5 Å². The molecule has 1 heterocycles. The van der Waals surface area contributed by atoms with Gasteiger partial charge in [-0.05, 0) is 41.8 Å². The Bertz CT molecular complexity index is 909. The van der Waals surface area contributed by atoms with E-state index in [1.54, 1.807) is 11.4 Å². The fourth-order valence-corrected chi connectivity index (χ4v) is 3.34. The highest BCUT2D eigenvalue weighted by atomic mass is 35.5. The molecule has 0 aliphatic rings. The van der Waals surface area contributed by atoms with Gasteiger partial charge in [-0.15, -0.1) is 11.3 Å². The number of carbonyl (C=O) groups is 1. The number of nitrogens with zero attached hydrogens (tertiary/aromatic N) is 1. The van der Waals surface area contributed by atoms with Gasteiger partial charge in [0.1, 0.15) is 5.69 Å². The number of halogens is 1. The number of hydrogen-bond acceptors (Lipinski definition) is 5. The summed E-state index contributed by atoms with van der Waals surface area (Å²) >= 11 is 7.32. The van der Waals surface area contributed by atoms with Crippen LogP contribution in [-0.2, 0) is 12.8 Å². The third-order valence-electron chi connectivity index (χ3n) is 3.79. The van der Waals surface area contributed by atoms with Crippen molar-refractivity contribution in [1.82, 2.24) is 10.3 Å². The molecular weight excluding hydrogens is 372 g/mol. The molecule has 0 saturated carbocycles. The summed E-state index contributed by atoms with van der Waals surface area (Å²) in [5.74, 6) is -0.555. The highest BCUT2D eigenvalue weighted by Gasteiger charge is 2.11. The molecule has 0 atom stereocenters. The molecule has 1 amide bonds. The summed E-state index contributed by atoms with van der Waals surface area (Å²) in [5.41, 5.74) is 2.30. The minimum Gasteiger partial charge on any atom is -0.504 e. The molecule has 0 radical (unpaired) electrons. The Morgan fingerprint density at radius 2 is 1.81 bits per heavy atom. The molecular formula is C19H17ClN2O3S. The van der Waals surface area contributed by atoms with E-state index in [0.29, 0.717) is 30.1 Å². The highest BCUT2D eigenvalue weighted by molar-refractivity contribution is 7.09. The number of rotatable bonds is 6. The molecule has 3 rings (SSSR count). The van der Waals surface area contributed by atoms with E-state index in [-0.39, 0.29) is 17.4 Å². The molecule has 0 aliphatic carbocycles.